The van der Waals surface area contributed by atoms with Crippen LogP contribution in [0.3, 0.4) is 0 Å². The van der Waals surface area contributed by atoms with Crippen LogP contribution in [0.25, 0.3) is 11.1 Å². The highest BCUT2D eigenvalue weighted by molar-refractivity contribution is 7.93. The van der Waals surface area contributed by atoms with Crippen molar-refractivity contribution in [3.8, 4) is 17.2 Å². The maximum Gasteiger partial charge on any atom is 0.241 e. The second-order valence-corrected chi connectivity index (χ2v) is 10.9. The number of aliphatic hydroxyl groups excluding tert-OH is 1. The number of anilines is 1. The molecule has 3 aromatic rings. The minimum absolute atomic E-state index is 0.0916. The van der Waals surface area contributed by atoms with Crippen molar-refractivity contribution in [3.05, 3.63) is 83.9 Å². The normalized spacial score (nSPS) is 21.1. The number of benzene rings is 3. The summed E-state index contributed by atoms with van der Waals surface area (Å²) in [6, 6.07) is 20.0. The maximum absolute atomic E-state index is 14.0. The minimum Gasteiger partial charge on any atom is -0.508 e. The summed E-state index contributed by atoms with van der Waals surface area (Å²) < 4.78 is 40.7. The van der Waals surface area contributed by atoms with Crippen molar-refractivity contribution < 1.29 is 33.2 Å². The zero-order valence-electron chi connectivity index (χ0n) is 19.6. The van der Waals surface area contributed by atoms with Crippen LogP contribution in [0, 0.1) is 0 Å². The van der Waals surface area contributed by atoms with Gasteiger partial charge in [-0.1, -0.05) is 24.3 Å². The molecule has 8 nitrogen and oxygen atoms in total. The number of phenols is 2. The van der Waals surface area contributed by atoms with Gasteiger partial charge in [0, 0.05) is 0 Å². The van der Waals surface area contributed by atoms with Crippen molar-refractivity contribution in [1.29, 1.82) is 0 Å². The summed E-state index contributed by atoms with van der Waals surface area (Å²) in [5.74, 6) is 0.834. The molecule has 3 atom stereocenters. The van der Waals surface area contributed by atoms with Crippen LogP contribution in [0.2, 0.25) is 0 Å². The van der Waals surface area contributed by atoms with Crippen LogP contribution in [0.4, 0.5) is 5.69 Å². The number of hydrogen-bond donors (Lipinski definition) is 3. The fourth-order valence-corrected chi connectivity index (χ4v) is 7.06. The molecule has 1 saturated heterocycles. The van der Waals surface area contributed by atoms with Crippen LogP contribution in [-0.4, -0.2) is 61.5 Å². The molecule has 3 unspecified atom stereocenters. The number of rotatable bonds is 8. The third-order valence-electron chi connectivity index (χ3n) is 6.70. The molecule has 0 spiro atoms. The van der Waals surface area contributed by atoms with Gasteiger partial charge in [0.05, 0.1) is 32.1 Å². The van der Waals surface area contributed by atoms with E-state index in [0.717, 1.165) is 22.3 Å². The predicted molar refractivity (Wildman–Crippen MR) is 136 cm³/mol. The number of fused-ring (bicyclic) bond motifs is 2. The zero-order valence-corrected chi connectivity index (χ0v) is 20.4. The maximum atomic E-state index is 14.0. The fraction of sp³-hybridized carbons (Fsp3) is 0.259. The van der Waals surface area contributed by atoms with Gasteiger partial charge in [0.25, 0.3) is 0 Å². The summed E-state index contributed by atoms with van der Waals surface area (Å²) in [5.41, 5.74) is 3.63. The first kappa shape index (κ1) is 24.2. The lowest BCUT2D eigenvalue weighted by Gasteiger charge is -2.31. The minimum atomic E-state index is -3.94. The molecule has 0 aromatic heterocycles. The van der Waals surface area contributed by atoms with Crippen molar-refractivity contribution in [2.24, 2.45) is 0 Å². The fourth-order valence-electron chi connectivity index (χ4n) is 5.05. The van der Waals surface area contributed by atoms with Gasteiger partial charge >= 0.3 is 0 Å². The third-order valence-corrected chi connectivity index (χ3v) is 8.91. The lowest BCUT2D eigenvalue weighted by molar-refractivity contribution is 0.128. The van der Waals surface area contributed by atoms with E-state index in [1.165, 1.54) is 11.4 Å². The molecule has 5 rings (SSSR count). The van der Waals surface area contributed by atoms with Gasteiger partial charge in [-0.3, -0.25) is 4.31 Å². The Bertz CT molecular complexity index is 1370. The molecular weight excluding hydrogens is 482 g/mol. The summed E-state index contributed by atoms with van der Waals surface area (Å²) >= 11 is 0. The van der Waals surface area contributed by atoms with Gasteiger partial charge in [-0.15, -0.1) is 0 Å². The molecule has 2 bridgehead atoms. The van der Waals surface area contributed by atoms with Crippen LogP contribution in [0.5, 0.6) is 17.2 Å². The third kappa shape index (κ3) is 4.19. The molecule has 0 radical (unpaired) electrons. The Morgan fingerprint density at radius 2 is 1.44 bits per heavy atom. The Balaban J connectivity index is 1.58. The predicted octanol–water partition coefficient (Wildman–Crippen LogP) is 3.39. The summed E-state index contributed by atoms with van der Waals surface area (Å²) in [6.07, 6.45) is -0.953. The smallest absolute Gasteiger partial charge is 0.241 e. The topological polar surface area (TPSA) is 117 Å². The van der Waals surface area contributed by atoms with Gasteiger partial charge in [-0.05, 0) is 77.2 Å². The molecule has 2 heterocycles. The van der Waals surface area contributed by atoms with Gasteiger partial charge in [-0.2, -0.15) is 0 Å². The van der Waals surface area contributed by atoms with E-state index in [4.69, 9.17) is 9.47 Å². The Morgan fingerprint density at radius 3 is 1.97 bits per heavy atom. The van der Waals surface area contributed by atoms with Crippen molar-refractivity contribution in [2.75, 3.05) is 24.6 Å². The van der Waals surface area contributed by atoms with Gasteiger partial charge in [0.15, 0.2) is 0 Å². The Morgan fingerprint density at radius 1 is 0.889 bits per heavy atom. The van der Waals surface area contributed by atoms with E-state index >= 15 is 0 Å². The van der Waals surface area contributed by atoms with Gasteiger partial charge in [-0.25, -0.2) is 8.42 Å². The van der Waals surface area contributed by atoms with Crippen LogP contribution in [0.15, 0.2) is 72.8 Å². The van der Waals surface area contributed by atoms with E-state index in [1.54, 1.807) is 72.8 Å². The molecule has 1 fully saturated rings. The summed E-state index contributed by atoms with van der Waals surface area (Å²) in [6.45, 7) is -0.433. The molecule has 3 aromatic carbocycles. The first-order valence-corrected chi connectivity index (χ1v) is 13.1. The second kappa shape index (κ2) is 9.50. The van der Waals surface area contributed by atoms with E-state index in [-0.39, 0.29) is 31.1 Å². The average Bonchev–Trinajstić information content (AvgIpc) is 3.48. The monoisotopic (exact) mass is 509 g/mol. The number of aromatic hydroxyl groups is 2. The van der Waals surface area contributed by atoms with Crippen LogP contribution >= 0.6 is 0 Å². The Labute approximate surface area is 209 Å². The average molecular weight is 510 g/mol. The molecule has 188 valence electrons. The first-order chi connectivity index (χ1) is 17.3. The van der Waals surface area contributed by atoms with E-state index in [9.17, 15) is 23.7 Å². The van der Waals surface area contributed by atoms with Crippen LogP contribution < -0.4 is 9.04 Å². The quantitative estimate of drug-likeness (QED) is 0.426. The Hall–Kier alpha value is -3.53. The van der Waals surface area contributed by atoms with Gasteiger partial charge < -0.3 is 24.8 Å². The van der Waals surface area contributed by atoms with E-state index in [2.05, 4.69) is 0 Å². The SMILES string of the molecule is COc1ccc(N(CCO)S(=O)(=O)C2CC3OC2C(c2ccc(O)cc2)=C3c2ccc(O)cc2)cc1. The lowest BCUT2D eigenvalue weighted by atomic mass is 9.83. The highest BCUT2D eigenvalue weighted by Gasteiger charge is 2.54. The van der Waals surface area contributed by atoms with E-state index < -0.39 is 27.5 Å². The molecule has 2 aliphatic rings. The van der Waals surface area contributed by atoms with Crippen molar-refractivity contribution >= 4 is 26.9 Å². The van der Waals surface area contributed by atoms with Crippen LogP contribution in [-0.2, 0) is 14.8 Å². The molecule has 0 saturated carbocycles. The first-order valence-electron chi connectivity index (χ1n) is 11.6. The number of nitrogens with zero attached hydrogens (tertiary/aromatic N) is 1. The number of phenolic OH excluding ortho intramolecular Hbond substituents is 2. The lowest BCUT2D eigenvalue weighted by Crippen LogP contribution is -2.45. The highest BCUT2D eigenvalue weighted by Crippen LogP contribution is 2.51. The van der Waals surface area contributed by atoms with Crippen molar-refractivity contribution in [3.63, 3.8) is 0 Å². The van der Waals surface area contributed by atoms with E-state index in [1.807, 2.05) is 0 Å². The van der Waals surface area contributed by atoms with Gasteiger partial charge in [0.2, 0.25) is 10.0 Å². The molecule has 0 amide bonds. The largest absolute Gasteiger partial charge is 0.508 e. The number of sulfonamides is 1. The molecule has 0 aliphatic carbocycles. The van der Waals surface area contributed by atoms with Crippen LogP contribution in [0.1, 0.15) is 17.5 Å². The standard InChI is InChI=1S/C27H27NO7S/c1-34-22-12-6-19(7-13-22)28(14-15-29)36(32,33)24-16-23-25(17-2-8-20(30)9-3-17)26(27(24)35-23)18-4-10-21(31)11-5-18/h2-13,23-24,27,29-31H,14-16H2,1H3. The molecule has 9 heteroatoms. The van der Waals surface area contributed by atoms with Gasteiger partial charge in [0.1, 0.15) is 28.6 Å². The second-order valence-electron chi connectivity index (χ2n) is 8.78. The van der Waals surface area contributed by atoms with Crippen molar-refractivity contribution in [2.45, 2.75) is 23.9 Å². The molecular formula is C27H27NO7S. The Kier molecular flexibility index (Phi) is 6.38. The van der Waals surface area contributed by atoms with Crippen molar-refractivity contribution in [1.82, 2.24) is 0 Å². The highest BCUT2D eigenvalue weighted by atomic mass is 32.2. The summed E-state index contributed by atoms with van der Waals surface area (Å²) in [5, 5.41) is 28.4. The molecule has 3 N–H and O–H groups in total. The number of hydrogen-bond acceptors (Lipinski definition) is 7. The summed E-state index contributed by atoms with van der Waals surface area (Å²) in [7, 11) is -2.41. The summed E-state index contributed by atoms with van der Waals surface area (Å²) in [4.78, 5) is 0. The number of aliphatic hydroxyl groups is 1. The molecule has 2 aliphatic heterocycles. The number of methoxy groups -OCH3 is 1. The number of ether oxygens (including phenoxy) is 2. The zero-order chi connectivity index (χ0) is 25.4. The van der Waals surface area contributed by atoms with E-state index in [0.29, 0.717) is 11.4 Å². The molecule has 36 heavy (non-hydrogen) atoms.